The van der Waals surface area contributed by atoms with Gasteiger partial charge in [-0.05, 0) is 31.7 Å². The second kappa shape index (κ2) is 4.68. The maximum absolute atomic E-state index is 9.78. The standard InChI is InChI=1S/C14H17N3O/c15-8-14-10(2-1-5-16-14)9-17-11-3-4-12(17)7-13(18)6-11/h1-2,5,11-13,18H,3-4,6-7,9H2. The molecule has 3 rings (SSSR count). The summed E-state index contributed by atoms with van der Waals surface area (Å²) in [5, 5.41) is 18.8. The number of fused-ring (bicyclic) bond motifs is 2. The quantitative estimate of drug-likeness (QED) is 0.854. The zero-order chi connectivity index (χ0) is 12.5. The summed E-state index contributed by atoms with van der Waals surface area (Å²) in [6.07, 6.45) is 5.62. The van der Waals surface area contributed by atoms with E-state index in [1.165, 1.54) is 12.8 Å². The Kier molecular flexibility index (Phi) is 3.02. The van der Waals surface area contributed by atoms with Gasteiger partial charge in [0.05, 0.1) is 6.10 Å². The molecule has 2 saturated heterocycles. The van der Waals surface area contributed by atoms with Crippen LogP contribution < -0.4 is 0 Å². The minimum atomic E-state index is -0.136. The average molecular weight is 243 g/mol. The SMILES string of the molecule is N#Cc1ncccc1CN1C2CCC1CC(O)C2. The summed E-state index contributed by atoms with van der Waals surface area (Å²) in [6.45, 7) is 0.790. The van der Waals surface area contributed by atoms with Crippen LogP contribution in [-0.2, 0) is 6.54 Å². The van der Waals surface area contributed by atoms with Gasteiger partial charge in [0.1, 0.15) is 11.8 Å². The predicted octanol–water partition coefficient (Wildman–Crippen LogP) is 1.44. The molecule has 0 aliphatic carbocycles. The first-order valence-corrected chi connectivity index (χ1v) is 6.55. The molecule has 18 heavy (non-hydrogen) atoms. The Hall–Kier alpha value is -1.44. The lowest BCUT2D eigenvalue weighted by atomic mass is 9.99. The Morgan fingerprint density at radius 1 is 1.39 bits per heavy atom. The molecule has 3 heterocycles. The van der Waals surface area contributed by atoms with Crippen LogP contribution in [0, 0.1) is 11.3 Å². The molecule has 1 N–H and O–H groups in total. The smallest absolute Gasteiger partial charge is 0.144 e. The monoisotopic (exact) mass is 243 g/mol. The highest BCUT2D eigenvalue weighted by Crippen LogP contribution is 2.36. The number of pyridine rings is 1. The summed E-state index contributed by atoms with van der Waals surface area (Å²) < 4.78 is 0. The van der Waals surface area contributed by atoms with E-state index < -0.39 is 0 Å². The third-order valence-electron chi connectivity index (χ3n) is 4.21. The van der Waals surface area contributed by atoms with E-state index >= 15 is 0 Å². The lowest BCUT2D eigenvalue weighted by Crippen LogP contribution is -2.44. The van der Waals surface area contributed by atoms with Crippen LogP contribution >= 0.6 is 0 Å². The first-order chi connectivity index (χ1) is 8.78. The Labute approximate surface area is 107 Å². The first-order valence-electron chi connectivity index (χ1n) is 6.55. The molecule has 4 nitrogen and oxygen atoms in total. The van der Waals surface area contributed by atoms with Gasteiger partial charge in [-0.15, -0.1) is 0 Å². The van der Waals surface area contributed by atoms with Crippen molar-refractivity contribution in [1.82, 2.24) is 9.88 Å². The van der Waals surface area contributed by atoms with Gasteiger partial charge in [-0.25, -0.2) is 4.98 Å². The third kappa shape index (κ3) is 2.00. The number of rotatable bonds is 2. The van der Waals surface area contributed by atoms with E-state index in [2.05, 4.69) is 16.0 Å². The fourth-order valence-corrected chi connectivity index (χ4v) is 3.37. The molecular weight excluding hydrogens is 226 g/mol. The lowest BCUT2D eigenvalue weighted by molar-refractivity contribution is 0.0309. The van der Waals surface area contributed by atoms with Gasteiger partial charge in [-0.3, -0.25) is 4.90 Å². The maximum atomic E-state index is 9.78. The van der Waals surface area contributed by atoms with Crippen molar-refractivity contribution in [3.8, 4) is 6.07 Å². The molecule has 0 aromatic carbocycles. The second-order valence-electron chi connectivity index (χ2n) is 5.31. The van der Waals surface area contributed by atoms with Crippen LogP contribution in [0.15, 0.2) is 18.3 Å². The summed E-state index contributed by atoms with van der Waals surface area (Å²) >= 11 is 0. The van der Waals surface area contributed by atoms with E-state index in [0.717, 1.165) is 24.9 Å². The number of nitriles is 1. The van der Waals surface area contributed by atoms with Crippen molar-refractivity contribution in [1.29, 1.82) is 5.26 Å². The molecule has 2 aliphatic heterocycles. The van der Waals surface area contributed by atoms with Gasteiger partial charge in [0, 0.05) is 30.4 Å². The summed E-state index contributed by atoms with van der Waals surface area (Å²) in [5.41, 5.74) is 1.54. The fourth-order valence-electron chi connectivity index (χ4n) is 3.37. The summed E-state index contributed by atoms with van der Waals surface area (Å²) in [6, 6.07) is 6.98. The molecule has 94 valence electrons. The molecule has 2 aliphatic rings. The number of aromatic nitrogens is 1. The van der Waals surface area contributed by atoms with Gasteiger partial charge in [0.15, 0.2) is 0 Å². The minimum Gasteiger partial charge on any atom is -0.393 e. The zero-order valence-corrected chi connectivity index (χ0v) is 10.3. The number of nitrogens with zero attached hydrogens (tertiary/aromatic N) is 3. The van der Waals surface area contributed by atoms with Crippen LogP contribution in [0.4, 0.5) is 0 Å². The molecule has 0 saturated carbocycles. The Balaban J connectivity index is 1.80. The van der Waals surface area contributed by atoms with E-state index in [1.807, 2.05) is 12.1 Å². The minimum absolute atomic E-state index is 0.136. The molecule has 1 aromatic heterocycles. The van der Waals surface area contributed by atoms with Crippen molar-refractivity contribution in [2.45, 2.75) is 50.4 Å². The number of piperidine rings is 1. The third-order valence-corrected chi connectivity index (χ3v) is 4.21. The summed E-state index contributed by atoms with van der Waals surface area (Å²) in [5.74, 6) is 0. The predicted molar refractivity (Wildman–Crippen MR) is 66.5 cm³/mol. The fraction of sp³-hybridized carbons (Fsp3) is 0.571. The van der Waals surface area contributed by atoms with E-state index in [-0.39, 0.29) is 6.10 Å². The van der Waals surface area contributed by atoms with Crippen molar-refractivity contribution in [2.24, 2.45) is 0 Å². The van der Waals surface area contributed by atoms with E-state index in [9.17, 15) is 5.11 Å². The Morgan fingerprint density at radius 3 is 2.78 bits per heavy atom. The molecule has 0 radical (unpaired) electrons. The number of aliphatic hydroxyl groups is 1. The van der Waals surface area contributed by atoms with E-state index in [0.29, 0.717) is 17.8 Å². The topological polar surface area (TPSA) is 60.2 Å². The first kappa shape index (κ1) is 11.6. The van der Waals surface area contributed by atoms with Crippen LogP contribution in [-0.4, -0.2) is 33.2 Å². The number of hydrogen-bond donors (Lipinski definition) is 1. The highest BCUT2D eigenvalue weighted by molar-refractivity contribution is 5.30. The van der Waals surface area contributed by atoms with Crippen molar-refractivity contribution < 1.29 is 5.11 Å². The highest BCUT2D eigenvalue weighted by Gasteiger charge is 2.40. The summed E-state index contributed by atoms with van der Waals surface area (Å²) in [7, 11) is 0. The second-order valence-corrected chi connectivity index (χ2v) is 5.31. The van der Waals surface area contributed by atoms with Gasteiger partial charge in [-0.1, -0.05) is 6.07 Å². The van der Waals surface area contributed by atoms with Gasteiger partial charge in [-0.2, -0.15) is 5.26 Å². The van der Waals surface area contributed by atoms with Crippen molar-refractivity contribution >= 4 is 0 Å². The molecule has 4 heteroatoms. The van der Waals surface area contributed by atoms with Gasteiger partial charge >= 0.3 is 0 Å². The van der Waals surface area contributed by atoms with E-state index in [4.69, 9.17) is 5.26 Å². The maximum Gasteiger partial charge on any atom is 0.144 e. The van der Waals surface area contributed by atoms with Gasteiger partial charge in [0.25, 0.3) is 0 Å². The Bertz CT molecular complexity index is 468. The van der Waals surface area contributed by atoms with Gasteiger partial charge in [0.2, 0.25) is 0 Å². The Morgan fingerprint density at radius 2 is 2.11 bits per heavy atom. The molecule has 0 amide bonds. The molecule has 1 aromatic rings. The molecule has 0 spiro atoms. The van der Waals surface area contributed by atoms with Crippen LogP contribution in [0.1, 0.15) is 36.9 Å². The van der Waals surface area contributed by atoms with E-state index in [1.54, 1.807) is 6.20 Å². The molecule has 2 fully saturated rings. The molecular formula is C14H17N3O. The zero-order valence-electron chi connectivity index (χ0n) is 10.3. The van der Waals surface area contributed by atoms with Gasteiger partial charge < -0.3 is 5.11 Å². The highest BCUT2D eigenvalue weighted by atomic mass is 16.3. The average Bonchev–Trinajstić information content (AvgIpc) is 2.62. The molecule has 2 atom stereocenters. The van der Waals surface area contributed by atoms with Crippen LogP contribution in [0.3, 0.4) is 0 Å². The summed E-state index contributed by atoms with van der Waals surface area (Å²) in [4.78, 5) is 6.56. The van der Waals surface area contributed by atoms with Crippen molar-refractivity contribution in [2.75, 3.05) is 0 Å². The van der Waals surface area contributed by atoms with Crippen molar-refractivity contribution in [3.63, 3.8) is 0 Å². The lowest BCUT2D eigenvalue weighted by Gasteiger charge is -2.37. The van der Waals surface area contributed by atoms with Crippen LogP contribution in [0.5, 0.6) is 0 Å². The molecule has 2 unspecified atom stereocenters. The largest absolute Gasteiger partial charge is 0.393 e. The van der Waals surface area contributed by atoms with Crippen LogP contribution in [0.25, 0.3) is 0 Å². The van der Waals surface area contributed by atoms with Crippen LogP contribution in [0.2, 0.25) is 0 Å². The number of hydrogen-bond acceptors (Lipinski definition) is 4. The normalized spacial score (nSPS) is 31.2. The molecule has 2 bridgehead atoms. The number of aliphatic hydroxyl groups excluding tert-OH is 1. The van der Waals surface area contributed by atoms with Crippen molar-refractivity contribution in [3.05, 3.63) is 29.6 Å².